The quantitative estimate of drug-likeness (QED) is 0.857. The van der Waals surface area contributed by atoms with Crippen molar-refractivity contribution in [2.24, 2.45) is 0 Å². The van der Waals surface area contributed by atoms with E-state index >= 15 is 0 Å². The topological polar surface area (TPSA) is 70.5 Å². The van der Waals surface area contributed by atoms with E-state index in [1.165, 1.54) is 0 Å². The fraction of sp³-hybridized carbons (Fsp3) is 0.733. The lowest BCUT2D eigenvalue weighted by atomic mass is 9.94. The molecule has 1 aliphatic rings. The lowest BCUT2D eigenvalue weighted by molar-refractivity contribution is -0.0573. The molecule has 2 rings (SSSR count). The molecule has 0 aromatic carbocycles. The van der Waals surface area contributed by atoms with Crippen LogP contribution in [0.5, 0.6) is 0 Å². The minimum atomic E-state index is -0.698. The zero-order valence-corrected chi connectivity index (χ0v) is 13.4. The number of nitrogens with zero attached hydrogens (tertiary/aromatic N) is 3. The monoisotopic (exact) mass is 294 g/mol. The first-order chi connectivity index (χ1) is 9.95. The maximum Gasteiger partial charge on any atom is 0.137 e. The molecular formula is C15H26N4O2. The van der Waals surface area contributed by atoms with Crippen molar-refractivity contribution in [1.82, 2.24) is 9.97 Å². The van der Waals surface area contributed by atoms with Gasteiger partial charge in [-0.05, 0) is 20.8 Å². The summed E-state index contributed by atoms with van der Waals surface area (Å²) in [5.41, 5.74) is 0.317. The largest absolute Gasteiger partial charge is 0.388 e. The molecule has 2 heterocycles. The fourth-order valence-electron chi connectivity index (χ4n) is 2.75. The predicted molar refractivity (Wildman–Crippen MR) is 83.9 cm³/mol. The van der Waals surface area contributed by atoms with Gasteiger partial charge < -0.3 is 20.1 Å². The van der Waals surface area contributed by atoms with Crippen LogP contribution in [-0.4, -0.2) is 54.0 Å². The maximum atomic E-state index is 10.7. The summed E-state index contributed by atoms with van der Waals surface area (Å²) >= 11 is 0. The number of likely N-dealkylation sites (N-methyl/N-ethyl adjacent to an activating group) is 1. The molecule has 0 amide bonds. The van der Waals surface area contributed by atoms with Gasteiger partial charge in [0.25, 0.3) is 0 Å². The highest BCUT2D eigenvalue weighted by Crippen LogP contribution is 2.27. The molecule has 21 heavy (non-hydrogen) atoms. The molecular weight excluding hydrogens is 268 g/mol. The van der Waals surface area contributed by atoms with Gasteiger partial charge in [-0.15, -0.1) is 0 Å². The highest BCUT2D eigenvalue weighted by atomic mass is 16.5. The molecule has 0 saturated carbocycles. The van der Waals surface area contributed by atoms with Gasteiger partial charge in [0, 0.05) is 51.8 Å². The molecule has 0 unspecified atom stereocenters. The van der Waals surface area contributed by atoms with Crippen molar-refractivity contribution in [3.05, 3.63) is 11.4 Å². The number of aliphatic hydroxyl groups is 1. The Hall–Kier alpha value is -1.40. The minimum Gasteiger partial charge on any atom is -0.388 e. The third kappa shape index (κ3) is 3.83. The predicted octanol–water partition coefficient (Wildman–Crippen LogP) is 1.50. The lowest BCUT2D eigenvalue weighted by Crippen LogP contribution is -2.46. The van der Waals surface area contributed by atoms with Crippen LogP contribution < -0.4 is 10.2 Å². The number of nitrogens with one attached hydrogen (secondary N) is 1. The first kappa shape index (κ1) is 16.0. The molecule has 0 aliphatic carbocycles. The van der Waals surface area contributed by atoms with E-state index in [-0.39, 0.29) is 0 Å². The molecule has 1 aromatic heterocycles. The molecule has 1 saturated heterocycles. The molecule has 0 spiro atoms. The van der Waals surface area contributed by atoms with Gasteiger partial charge >= 0.3 is 0 Å². The molecule has 1 aromatic rings. The molecule has 0 atom stereocenters. The first-order valence-corrected chi connectivity index (χ1v) is 7.55. The van der Waals surface area contributed by atoms with E-state index in [0.29, 0.717) is 32.6 Å². The summed E-state index contributed by atoms with van der Waals surface area (Å²) in [6.07, 6.45) is 1.33. The van der Waals surface area contributed by atoms with Gasteiger partial charge in [0.2, 0.25) is 0 Å². The van der Waals surface area contributed by atoms with Crippen LogP contribution in [-0.2, 0) is 4.74 Å². The molecule has 2 N–H and O–H groups in total. The summed E-state index contributed by atoms with van der Waals surface area (Å²) in [6, 6.07) is 0. The third-order valence-corrected chi connectivity index (χ3v) is 3.89. The second kappa shape index (κ2) is 6.58. The second-order valence-electron chi connectivity index (χ2n) is 5.79. The van der Waals surface area contributed by atoms with E-state index in [9.17, 15) is 5.11 Å². The van der Waals surface area contributed by atoms with Crippen LogP contribution in [0.25, 0.3) is 0 Å². The number of aromatic nitrogens is 2. The van der Waals surface area contributed by atoms with Crippen LogP contribution in [0.3, 0.4) is 0 Å². The average molecular weight is 294 g/mol. The zero-order chi connectivity index (χ0) is 15.5. The van der Waals surface area contributed by atoms with E-state index in [1.54, 1.807) is 0 Å². The number of hydrogen-bond donors (Lipinski definition) is 2. The fourth-order valence-corrected chi connectivity index (χ4v) is 2.75. The summed E-state index contributed by atoms with van der Waals surface area (Å²) in [6.45, 7) is 8.56. The summed E-state index contributed by atoms with van der Waals surface area (Å²) in [7, 11) is 1.97. The molecule has 118 valence electrons. The minimum absolute atomic E-state index is 0.555. The normalized spacial score (nSPS) is 17.6. The molecule has 1 fully saturated rings. The van der Waals surface area contributed by atoms with Gasteiger partial charge in [-0.3, -0.25) is 0 Å². The number of ether oxygens (including phenoxy) is 1. The summed E-state index contributed by atoms with van der Waals surface area (Å²) in [4.78, 5) is 11.0. The van der Waals surface area contributed by atoms with Crippen molar-refractivity contribution in [3.63, 3.8) is 0 Å². The Labute approximate surface area is 126 Å². The third-order valence-electron chi connectivity index (χ3n) is 3.89. The SMILES string of the molecule is CCNc1nc(C)nc(N(C)CC2(O)CCOCC2)c1C. The Morgan fingerprint density at radius 3 is 2.57 bits per heavy atom. The van der Waals surface area contributed by atoms with Crippen LogP contribution in [0.2, 0.25) is 0 Å². The summed E-state index contributed by atoms with van der Waals surface area (Å²) < 4.78 is 5.33. The van der Waals surface area contributed by atoms with Crippen LogP contribution in [0.4, 0.5) is 11.6 Å². The zero-order valence-electron chi connectivity index (χ0n) is 13.4. The molecule has 6 heteroatoms. The molecule has 6 nitrogen and oxygen atoms in total. The highest BCUT2D eigenvalue weighted by Gasteiger charge is 2.32. The van der Waals surface area contributed by atoms with E-state index in [4.69, 9.17) is 4.74 Å². The van der Waals surface area contributed by atoms with E-state index in [1.807, 2.05) is 32.7 Å². The Morgan fingerprint density at radius 2 is 1.95 bits per heavy atom. The van der Waals surface area contributed by atoms with Crippen molar-refractivity contribution in [3.8, 4) is 0 Å². The van der Waals surface area contributed by atoms with Gasteiger partial charge in [0.05, 0.1) is 5.60 Å². The number of rotatable bonds is 5. The van der Waals surface area contributed by atoms with Crippen LogP contribution in [0, 0.1) is 13.8 Å². The van der Waals surface area contributed by atoms with Gasteiger partial charge in [-0.2, -0.15) is 0 Å². The standard InChI is InChI=1S/C15H26N4O2/c1-5-16-13-11(2)14(18-12(3)17-13)19(4)10-15(20)6-8-21-9-7-15/h20H,5-10H2,1-4H3,(H,16,17,18). The van der Waals surface area contributed by atoms with E-state index < -0.39 is 5.60 Å². The van der Waals surface area contributed by atoms with Gasteiger partial charge in [-0.25, -0.2) is 9.97 Å². The number of hydrogen-bond acceptors (Lipinski definition) is 6. The van der Waals surface area contributed by atoms with Gasteiger partial charge in [-0.1, -0.05) is 0 Å². The molecule has 0 bridgehead atoms. The van der Waals surface area contributed by atoms with E-state index in [0.717, 1.165) is 29.6 Å². The lowest BCUT2D eigenvalue weighted by Gasteiger charge is -2.36. The van der Waals surface area contributed by atoms with E-state index in [2.05, 4.69) is 15.3 Å². The summed E-state index contributed by atoms with van der Waals surface area (Å²) in [5, 5.41) is 13.9. The van der Waals surface area contributed by atoms with Crippen LogP contribution in [0.15, 0.2) is 0 Å². The highest BCUT2D eigenvalue weighted by molar-refractivity contribution is 5.58. The first-order valence-electron chi connectivity index (χ1n) is 7.55. The summed E-state index contributed by atoms with van der Waals surface area (Å²) in [5.74, 6) is 2.47. The Balaban J connectivity index is 2.20. The van der Waals surface area contributed by atoms with Crippen molar-refractivity contribution in [2.75, 3.05) is 43.6 Å². The smallest absolute Gasteiger partial charge is 0.137 e. The van der Waals surface area contributed by atoms with Crippen molar-refractivity contribution < 1.29 is 9.84 Å². The Kier molecular flexibility index (Phi) is 5.00. The Morgan fingerprint density at radius 1 is 1.29 bits per heavy atom. The van der Waals surface area contributed by atoms with Crippen molar-refractivity contribution in [2.45, 2.75) is 39.2 Å². The molecule has 1 aliphatic heterocycles. The molecule has 0 radical (unpaired) electrons. The maximum absolute atomic E-state index is 10.7. The number of aryl methyl sites for hydroxylation is 1. The van der Waals surface area contributed by atoms with Crippen molar-refractivity contribution >= 4 is 11.6 Å². The van der Waals surface area contributed by atoms with Gasteiger partial charge in [0.1, 0.15) is 17.5 Å². The van der Waals surface area contributed by atoms with Crippen LogP contribution in [0.1, 0.15) is 31.2 Å². The number of anilines is 2. The Bertz CT molecular complexity index is 487. The van der Waals surface area contributed by atoms with Gasteiger partial charge in [0.15, 0.2) is 0 Å². The second-order valence-corrected chi connectivity index (χ2v) is 5.79. The average Bonchev–Trinajstić information content (AvgIpc) is 2.43. The van der Waals surface area contributed by atoms with Crippen LogP contribution >= 0.6 is 0 Å². The van der Waals surface area contributed by atoms with Crippen molar-refractivity contribution in [1.29, 1.82) is 0 Å².